The van der Waals surface area contributed by atoms with Crippen molar-refractivity contribution in [2.45, 2.75) is 12.6 Å². The first-order valence-corrected chi connectivity index (χ1v) is 10.2. The molecule has 0 fully saturated rings. The van der Waals surface area contributed by atoms with Crippen LogP contribution in [0.1, 0.15) is 17.3 Å². The molecule has 1 aliphatic heterocycles. The van der Waals surface area contributed by atoms with Crippen LogP contribution in [0.3, 0.4) is 0 Å². The van der Waals surface area contributed by atoms with E-state index in [0.717, 1.165) is 11.3 Å². The molecule has 2 heterocycles. The average Bonchev–Trinajstić information content (AvgIpc) is 3.22. The summed E-state index contributed by atoms with van der Waals surface area (Å²) in [5, 5.41) is 4.02. The van der Waals surface area contributed by atoms with E-state index in [4.69, 9.17) is 32.7 Å². The van der Waals surface area contributed by atoms with Gasteiger partial charge < -0.3 is 24.3 Å². The summed E-state index contributed by atoms with van der Waals surface area (Å²) in [5.41, 5.74) is 2.33. The van der Waals surface area contributed by atoms with E-state index in [9.17, 15) is 4.79 Å². The Labute approximate surface area is 184 Å². The number of hydrogen-bond donors (Lipinski definition) is 1. The highest BCUT2D eigenvalue weighted by Gasteiger charge is 2.34. The van der Waals surface area contributed by atoms with Crippen molar-refractivity contribution in [3.05, 3.63) is 76.0 Å². The van der Waals surface area contributed by atoms with Gasteiger partial charge in [-0.3, -0.25) is 0 Å². The molecule has 0 saturated heterocycles. The summed E-state index contributed by atoms with van der Waals surface area (Å²) < 4.78 is 12.9. The Morgan fingerprint density at radius 1 is 1.07 bits per heavy atom. The summed E-state index contributed by atoms with van der Waals surface area (Å²) >= 11 is 12.6. The summed E-state index contributed by atoms with van der Waals surface area (Å²) in [4.78, 5) is 15.1. The zero-order chi connectivity index (χ0) is 21.3. The fourth-order valence-electron chi connectivity index (χ4n) is 3.83. The molecule has 4 rings (SSSR count). The number of halogens is 2. The van der Waals surface area contributed by atoms with Gasteiger partial charge in [0.1, 0.15) is 6.04 Å². The van der Waals surface area contributed by atoms with Gasteiger partial charge >= 0.3 is 6.03 Å². The fourth-order valence-corrected chi connectivity index (χ4v) is 4.34. The average molecular weight is 446 g/mol. The predicted molar refractivity (Wildman–Crippen MR) is 118 cm³/mol. The Kier molecular flexibility index (Phi) is 5.79. The minimum atomic E-state index is -0.352. The number of ether oxygens (including phenoxy) is 2. The van der Waals surface area contributed by atoms with Crippen LogP contribution in [0.5, 0.6) is 11.5 Å². The normalized spacial score (nSPS) is 15.5. The SMILES string of the molecule is COc1cccc(NC(=O)N2CCn3cccc3[C@H]2c2ccc(Cl)cc2Cl)c1OC. The van der Waals surface area contributed by atoms with Crippen LogP contribution in [0, 0.1) is 0 Å². The Balaban J connectivity index is 1.71. The molecule has 0 unspecified atom stereocenters. The van der Waals surface area contributed by atoms with Crippen LogP contribution in [0.15, 0.2) is 54.7 Å². The predicted octanol–water partition coefficient (Wildman–Crippen LogP) is 5.45. The third-order valence-electron chi connectivity index (χ3n) is 5.20. The second-order valence-corrected chi connectivity index (χ2v) is 7.70. The molecular weight excluding hydrogens is 425 g/mol. The van der Waals surface area contributed by atoms with Gasteiger partial charge in [-0.2, -0.15) is 0 Å². The van der Waals surface area contributed by atoms with Crippen molar-refractivity contribution < 1.29 is 14.3 Å². The summed E-state index contributed by atoms with van der Waals surface area (Å²) in [6.45, 7) is 1.20. The highest BCUT2D eigenvalue weighted by molar-refractivity contribution is 6.35. The second-order valence-electron chi connectivity index (χ2n) is 6.86. The maximum Gasteiger partial charge on any atom is 0.322 e. The fraction of sp³-hybridized carbons (Fsp3) is 0.227. The Morgan fingerprint density at radius 2 is 1.90 bits per heavy atom. The number of carbonyl (C=O) groups excluding carboxylic acids is 1. The molecule has 2 amide bonds. The molecule has 1 aromatic heterocycles. The van der Waals surface area contributed by atoms with Crippen LogP contribution < -0.4 is 14.8 Å². The number of carbonyl (C=O) groups is 1. The maximum atomic E-state index is 13.4. The number of amides is 2. The van der Waals surface area contributed by atoms with Crippen molar-refractivity contribution in [3.63, 3.8) is 0 Å². The van der Waals surface area contributed by atoms with E-state index >= 15 is 0 Å². The molecule has 0 aliphatic carbocycles. The third-order valence-corrected chi connectivity index (χ3v) is 5.76. The van der Waals surface area contributed by atoms with Gasteiger partial charge in [0.2, 0.25) is 0 Å². The van der Waals surface area contributed by atoms with Crippen molar-refractivity contribution in [2.24, 2.45) is 0 Å². The molecule has 6 nitrogen and oxygen atoms in total. The monoisotopic (exact) mass is 445 g/mol. The van der Waals surface area contributed by atoms with Gasteiger partial charge in [-0.25, -0.2) is 4.79 Å². The standard InChI is InChI=1S/C22H21Cl2N3O3/c1-29-19-7-3-5-17(21(19)30-2)25-22(28)27-12-11-26-10-4-6-18(26)20(27)15-9-8-14(23)13-16(15)24/h3-10,13,20H,11-12H2,1-2H3,(H,25,28)/t20-/m1/s1. The van der Waals surface area contributed by atoms with Crippen molar-refractivity contribution in [3.8, 4) is 11.5 Å². The third kappa shape index (κ3) is 3.68. The number of para-hydroxylation sites is 1. The van der Waals surface area contributed by atoms with E-state index in [2.05, 4.69) is 9.88 Å². The smallest absolute Gasteiger partial charge is 0.322 e. The molecule has 156 valence electrons. The van der Waals surface area contributed by atoms with Crippen LogP contribution in [-0.4, -0.2) is 36.3 Å². The van der Waals surface area contributed by atoms with Crippen molar-refractivity contribution >= 4 is 34.9 Å². The Morgan fingerprint density at radius 3 is 2.63 bits per heavy atom. The maximum absolute atomic E-state index is 13.4. The molecule has 0 bridgehead atoms. The number of methoxy groups -OCH3 is 2. The van der Waals surface area contributed by atoms with E-state index in [1.165, 1.54) is 7.11 Å². The first-order chi connectivity index (χ1) is 14.5. The first-order valence-electron chi connectivity index (χ1n) is 9.42. The number of rotatable bonds is 4. The van der Waals surface area contributed by atoms with Crippen molar-refractivity contribution in [1.29, 1.82) is 0 Å². The molecule has 30 heavy (non-hydrogen) atoms. The van der Waals surface area contributed by atoms with Crippen molar-refractivity contribution in [1.82, 2.24) is 9.47 Å². The highest BCUT2D eigenvalue weighted by Crippen LogP contribution is 2.39. The largest absolute Gasteiger partial charge is 0.493 e. The van der Waals surface area contributed by atoms with E-state index in [0.29, 0.717) is 40.3 Å². The van der Waals surface area contributed by atoms with Gasteiger partial charge in [-0.1, -0.05) is 35.3 Å². The zero-order valence-corrected chi connectivity index (χ0v) is 18.1. The van der Waals surface area contributed by atoms with Gasteiger partial charge in [0.25, 0.3) is 0 Å². The second kappa shape index (κ2) is 8.50. The van der Waals surface area contributed by atoms with Gasteiger partial charge in [-0.15, -0.1) is 0 Å². The van der Waals surface area contributed by atoms with Crippen LogP contribution in [0.25, 0.3) is 0 Å². The molecule has 0 spiro atoms. The molecule has 1 aliphatic rings. The number of anilines is 1. The first kappa shape index (κ1) is 20.4. The minimum Gasteiger partial charge on any atom is -0.493 e. The lowest BCUT2D eigenvalue weighted by molar-refractivity contribution is 0.181. The van der Waals surface area contributed by atoms with Crippen LogP contribution in [-0.2, 0) is 6.54 Å². The van der Waals surface area contributed by atoms with Gasteiger partial charge in [0.05, 0.1) is 19.9 Å². The van der Waals surface area contributed by atoms with E-state index in [1.807, 2.05) is 24.4 Å². The molecule has 2 aromatic carbocycles. The number of benzene rings is 2. The molecule has 8 heteroatoms. The van der Waals surface area contributed by atoms with Crippen LogP contribution in [0.2, 0.25) is 10.0 Å². The summed E-state index contributed by atoms with van der Waals surface area (Å²) in [7, 11) is 3.10. The number of nitrogens with zero attached hydrogens (tertiary/aromatic N) is 2. The quantitative estimate of drug-likeness (QED) is 0.580. The lowest BCUT2D eigenvalue weighted by atomic mass is 10.00. The number of hydrogen-bond acceptors (Lipinski definition) is 3. The summed E-state index contributed by atoms with van der Waals surface area (Å²) in [5.74, 6) is 1.01. The molecule has 3 aromatic rings. The van der Waals surface area contributed by atoms with E-state index < -0.39 is 0 Å². The number of urea groups is 1. The molecule has 1 atom stereocenters. The van der Waals surface area contributed by atoms with Crippen LogP contribution >= 0.6 is 23.2 Å². The van der Waals surface area contributed by atoms with Crippen molar-refractivity contribution in [2.75, 3.05) is 26.1 Å². The van der Waals surface area contributed by atoms with E-state index in [1.54, 1.807) is 42.3 Å². The summed E-state index contributed by atoms with van der Waals surface area (Å²) in [6, 6.07) is 14.1. The van der Waals surface area contributed by atoms with E-state index in [-0.39, 0.29) is 12.1 Å². The number of aromatic nitrogens is 1. The lowest BCUT2D eigenvalue weighted by Crippen LogP contribution is -2.44. The number of fused-ring (bicyclic) bond motifs is 1. The Hall–Kier alpha value is -2.83. The van der Waals surface area contributed by atoms with Gasteiger partial charge in [0.15, 0.2) is 11.5 Å². The molecule has 1 N–H and O–H groups in total. The topological polar surface area (TPSA) is 55.7 Å². The van der Waals surface area contributed by atoms with Gasteiger partial charge in [0, 0.05) is 35.0 Å². The Bertz CT molecular complexity index is 1080. The number of nitrogens with one attached hydrogen (secondary N) is 1. The molecular formula is C22H21Cl2N3O3. The molecule has 0 saturated carbocycles. The minimum absolute atomic E-state index is 0.259. The zero-order valence-electron chi connectivity index (χ0n) is 16.6. The summed E-state index contributed by atoms with van der Waals surface area (Å²) in [6.07, 6.45) is 2.01. The van der Waals surface area contributed by atoms with Gasteiger partial charge in [-0.05, 0) is 42.0 Å². The highest BCUT2D eigenvalue weighted by atomic mass is 35.5. The van der Waals surface area contributed by atoms with Crippen LogP contribution in [0.4, 0.5) is 10.5 Å². The molecule has 0 radical (unpaired) electrons. The lowest BCUT2D eigenvalue weighted by Gasteiger charge is -2.37.